The van der Waals surface area contributed by atoms with Gasteiger partial charge in [0.25, 0.3) is 0 Å². The van der Waals surface area contributed by atoms with Crippen LogP contribution in [0.15, 0.2) is 36.5 Å². The number of rotatable bonds is 44. The molecule has 0 saturated heterocycles. The van der Waals surface area contributed by atoms with Crippen molar-refractivity contribution in [1.82, 2.24) is 0 Å². The molecule has 6 heteroatoms. The first kappa shape index (κ1) is 54.6. The molecule has 0 aromatic heterocycles. The SMILES string of the molecule is CCCCCC=CCC=CCCCCCCCC(=O)OC[C@@H](COC(=O)CCCCCCCC=CCCCCCC)OC(=O)CCCCCCCCCCCCC. The number of esters is 3. The van der Waals surface area contributed by atoms with Gasteiger partial charge in [0.2, 0.25) is 0 Å². The topological polar surface area (TPSA) is 78.9 Å². The zero-order valence-corrected chi connectivity index (χ0v) is 37.9. The molecule has 6 nitrogen and oxygen atoms in total. The van der Waals surface area contributed by atoms with Crippen molar-refractivity contribution < 1.29 is 28.6 Å². The second-order valence-corrected chi connectivity index (χ2v) is 16.4. The number of allylic oxidation sites excluding steroid dienone is 6. The molecule has 0 heterocycles. The van der Waals surface area contributed by atoms with Crippen LogP contribution in [-0.2, 0) is 28.6 Å². The summed E-state index contributed by atoms with van der Waals surface area (Å²) >= 11 is 0. The molecule has 0 aliphatic carbocycles. The second kappa shape index (κ2) is 46.3. The van der Waals surface area contributed by atoms with Crippen LogP contribution in [-0.4, -0.2) is 37.2 Å². The van der Waals surface area contributed by atoms with Crippen molar-refractivity contribution in [3.63, 3.8) is 0 Å². The third-order valence-electron chi connectivity index (χ3n) is 10.6. The van der Waals surface area contributed by atoms with Crippen molar-refractivity contribution in [1.29, 1.82) is 0 Å². The van der Waals surface area contributed by atoms with Gasteiger partial charge in [-0.25, -0.2) is 0 Å². The maximum Gasteiger partial charge on any atom is 0.306 e. The number of hydrogen-bond acceptors (Lipinski definition) is 6. The van der Waals surface area contributed by atoms with E-state index in [2.05, 4.69) is 57.2 Å². The number of carbonyl (C=O) groups is 3. The monoisotopic (exact) mass is 801 g/mol. The van der Waals surface area contributed by atoms with Crippen LogP contribution >= 0.6 is 0 Å². The van der Waals surface area contributed by atoms with Gasteiger partial charge in [-0.2, -0.15) is 0 Å². The summed E-state index contributed by atoms with van der Waals surface area (Å²) in [6.07, 6.45) is 52.6. The number of ether oxygens (including phenoxy) is 3. The van der Waals surface area contributed by atoms with Crippen LogP contribution in [0.2, 0.25) is 0 Å². The third-order valence-corrected chi connectivity index (χ3v) is 10.6. The summed E-state index contributed by atoms with van der Waals surface area (Å²) in [5.41, 5.74) is 0. The molecule has 0 aliphatic heterocycles. The van der Waals surface area contributed by atoms with E-state index in [0.29, 0.717) is 19.3 Å². The highest BCUT2D eigenvalue weighted by Gasteiger charge is 2.19. The minimum absolute atomic E-state index is 0.0788. The van der Waals surface area contributed by atoms with E-state index < -0.39 is 6.10 Å². The van der Waals surface area contributed by atoms with Crippen molar-refractivity contribution in [3.05, 3.63) is 36.5 Å². The highest BCUT2D eigenvalue weighted by atomic mass is 16.6. The van der Waals surface area contributed by atoms with Gasteiger partial charge >= 0.3 is 17.9 Å². The van der Waals surface area contributed by atoms with E-state index in [1.807, 2.05) is 0 Å². The van der Waals surface area contributed by atoms with Gasteiger partial charge in [0.05, 0.1) is 0 Å². The molecule has 57 heavy (non-hydrogen) atoms. The van der Waals surface area contributed by atoms with E-state index in [0.717, 1.165) is 83.5 Å². The number of hydrogen-bond donors (Lipinski definition) is 0. The van der Waals surface area contributed by atoms with E-state index in [9.17, 15) is 14.4 Å². The molecular weight excluding hydrogens is 709 g/mol. The lowest BCUT2D eigenvalue weighted by molar-refractivity contribution is -0.167. The molecule has 0 aromatic rings. The van der Waals surface area contributed by atoms with Gasteiger partial charge in [0.15, 0.2) is 6.10 Å². The van der Waals surface area contributed by atoms with E-state index >= 15 is 0 Å². The van der Waals surface area contributed by atoms with Crippen molar-refractivity contribution in [3.8, 4) is 0 Å². The average Bonchev–Trinajstić information content (AvgIpc) is 3.21. The molecule has 332 valence electrons. The van der Waals surface area contributed by atoms with E-state index in [4.69, 9.17) is 14.2 Å². The molecule has 0 bridgehead atoms. The summed E-state index contributed by atoms with van der Waals surface area (Å²) in [6, 6.07) is 0. The molecule has 0 unspecified atom stereocenters. The van der Waals surface area contributed by atoms with Crippen LogP contribution in [0.5, 0.6) is 0 Å². The lowest BCUT2D eigenvalue weighted by Gasteiger charge is -2.18. The Kier molecular flexibility index (Phi) is 44.4. The predicted octanol–water partition coefficient (Wildman–Crippen LogP) is 15.8. The standard InChI is InChI=1S/C51H92O6/c1-4-7-10-13-16-19-22-24-25-27-30-32-35-38-41-44-50(53)56-47-48(57-51(54)45-42-39-36-33-28-21-18-15-12-9-6-3)46-55-49(52)43-40-37-34-31-29-26-23-20-17-14-11-8-5-2/h16,19-20,23-25,48H,4-15,17-18,21-22,26-47H2,1-3H3/t48-/m1/s1. The smallest absolute Gasteiger partial charge is 0.306 e. The zero-order chi connectivity index (χ0) is 41.5. The molecule has 0 N–H and O–H groups in total. The third kappa shape index (κ3) is 44.6. The first-order chi connectivity index (χ1) is 28.0. The van der Waals surface area contributed by atoms with E-state index in [1.165, 1.54) is 128 Å². The van der Waals surface area contributed by atoms with Crippen LogP contribution in [0.1, 0.15) is 252 Å². The van der Waals surface area contributed by atoms with Gasteiger partial charge in [0.1, 0.15) is 13.2 Å². The summed E-state index contributed by atoms with van der Waals surface area (Å²) in [7, 11) is 0. The molecule has 0 radical (unpaired) electrons. The lowest BCUT2D eigenvalue weighted by atomic mass is 10.1. The molecule has 0 saturated carbocycles. The molecule has 0 rings (SSSR count). The minimum atomic E-state index is -0.776. The maximum absolute atomic E-state index is 12.7. The summed E-state index contributed by atoms with van der Waals surface area (Å²) < 4.78 is 16.7. The Labute approximate surface area is 353 Å². The fourth-order valence-corrected chi connectivity index (χ4v) is 6.88. The van der Waals surface area contributed by atoms with Crippen LogP contribution in [0, 0.1) is 0 Å². The summed E-state index contributed by atoms with van der Waals surface area (Å²) in [5.74, 6) is -0.896. The van der Waals surface area contributed by atoms with Crippen molar-refractivity contribution >= 4 is 17.9 Å². The molecule has 0 aliphatic rings. The first-order valence-electron chi connectivity index (χ1n) is 24.5. The van der Waals surface area contributed by atoms with Crippen LogP contribution in [0.25, 0.3) is 0 Å². The maximum atomic E-state index is 12.7. The van der Waals surface area contributed by atoms with Gasteiger partial charge in [0, 0.05) is 19.3 Å². The molecule has 0 aromatic carbocycles. The highest BCUT2D eigenvalue weighted by Crippen LogP contribution is 2.14. The lowest BCUT2D eigenvalue weighted by Crippen LogP contribution is -2.30. The largest absolute Gasteiger partial charge is 0.462 e. The molecular formula is C51H92O6. The predicted molar refractivity (Wildman–Crippen MR) is 242 cm³/mol. The summed E-state index contributed by atoms with van der Waals surface area (Å²) in [4.78, 5) is 37.8. The van der Waals surface area contributed by atoms with Crippen LogP contribution in [0.4, 0.5) is 0 Å². The minimum Gasteiger partial charge on any atom is -0.462 e. The summed E-state index contributed by atoms with van der Waals surface area (Å²) in [6.45, 7) is 6.58. The Hall–Kier alpha value is -2.37. The Bertz CT molecular complexity index is 969. The number of carbonyl (C=O) groups excluding carboxylic acids is 3. The molecule has 0 spiro atoms. The normalized spacial score (nSPS) is 12.3. The highest BCUT2D eigenvalue weighted by molar-refractivity contribution is 5.71. The Morgan fingerprint density at radius 2 is 0.632 bits per heavy atom. The first-order valence-corrected chi connectivity index (χ1v) is 24.5. The van der Waals surface area contributed by atoms with Gasteiger partial charge < -0.3 is 14.2 Å². The van der Waals surface area contributed by atoms with Crippen LogP contribution in [0.3, 0.4) is 0 Å². The van der Waals surface area contributed by atoms with Gasteiger partial charge in [-0.05, 0) is 77.0 Å². The zero-order valence-electron chi connectivity index (χ0n) is 37.9. The van der Waals surface area contributed by atoms with Gasteiger partial charge in [-0.1, -0.05) is 192 Å². The Morgan fingerprint density at radius 1 is 0.351 bits per heavy atom. The number of unbranched alkanes of at least 4 members (excludes halogenated alkanes) is 27. The molecule has 0 amide bonds. The Balaban J connectivity index is 4.38. The van der Waals surface area contributed by atoms with E-state index in [-0.39, 0.29) is 31.1 Å². The molecule has 0 fully saturated rings. The van der Waals surface area contributed by atoms with Crippen molar-refractivity contribution in [2.24, 2.45) is 0 Å². The van der Waals surface area contributed by atoms with Crippen LogP contribution < -0.4 is 0 Å². The quantitative estimate of drug-likeness (QED) is 0.0264. The van der Waals surface area contributed by atoms with Crippen molar-refractivity contribution in [2.75, 3.05) is 13.2 Å². The second-order valence-electron chi connectivity index (χ2n) is 16.4. The van der Waals surface area contributed by atoms with Crippen molar-refractivity contribution in [2.45, 2.75) is 258 Å². The Morgan fingerprint density at radius 3 is 1.04 bits per heavy atom. The van der Waals surface area contributed by atoms with Gasteiger partial charge in [-0.15, -0.1) is 0 Å². The fourth-order valence-electron chi connectivity index (χ4n) is 6.88. The average molecular weight is 801 g/mol. The van der Waals surface area contributed by atoms with Gasteiger partial charge in [-0.3, -0.25) is 14.4 Å². The van der Waals surface area contributed by atoms with E-state index in [1.54, 1.807) is 0 Å². The fraction of sp³-hybridized carbons (Fsp3) is 0.824. The molecule has 1 atom stereocenters. The summed E-state index contributed by atoms with van der Waals surface area (Å²) in [5, 5.41) is 0.